The molecule has 0 saturated carbocycles. The smallest absolute Gasteiger partial charge is 0.379 e. The van der Waals surface area contributed by atoms with Gasteiger partial charge >= 0.3 is 6.18 Å². The minimum Gasteiger partial charge on any atom is -0.379 e. The van der Waals surface area contributed by atoms with Gasteiger partial charge in [0.1, 0.15) is 0 Å². The van der Waals surface area contributed by atoms with Crippen LogP contribution in [0.1, 0.15) is 11.1 Å². The summed E-state index contributed by atoms with van der Waals surface area (Å²) in [5, 5.41) is 10.5. The summed E-state index contributed by atoms with van der Waals surface area (Å²) < 4.78 is 61.3. The van der Waals surface area contributed by atoms with Crippen molar-refractivity contribution in [2.45, 2.75) is 12.6 Å². The van der Waals surface area contributed by atoms with Crippen molar-refractivity contribution in [1.29, 1.82) is 5.26 Å². The van der Waals surface area contributed by atoms with Crippen molar-refractivity contribution in [3.8, 4) is 6.07 Å². The van der Waals surface area contributed by atoms with E-state index in [1.54, 1.807) is 6.07 Å². The maximum absolute atomic E-state index is 12.5. The third kappa shape index (κ3) is 3.59. The topological polar surface area (TPSA) is 35.8 Å². The Morgan fingerprint density at radius 3 is 2.41 bits per heavy atom. The fourth-order valence-electron chi connectivity index (χ4n) is 1.19. The van der Waals surface area contributed by atoms with Gasteiger partial charge in [0, 0.05) is 5.69 Å². The summed E-state index contributed by atoms with van der Waals surface area (Å²) in [6.07, 6.45) is -7.43. The summed E-state index contributed by atoms with van der Waals surface area (Å²) in [6.45, 7) is -0.905. The van der Waals surface area contributed by atoms with Crippen LogP contribution in [0.5, 0.6) is 0 Å². The molecular weight excluding hydrogens is 243 g/mol. The van der Waals surface area contributed by atoms with Gasteiger partial charge in [0.05, 0.1) is 23.7 Å². The van der Waals surface area contributed by atoms with Crippen molar-refractivity contribution >= 4 is 5.69 Å². The predicted octanol–water partition coefficient (Wildman–Crippen LogP) is 3.25. The Kier molecular flexibility index (Phi) is 3.89. The van der Waals surface area contributed by atoms with Crippen molar-refractivity contribution in [1.82, 2.24) is 0 Å². The quantitative estimate of drug-likeness (QED) is 0.836. The van der Waals surface area contributed by atoms with Crippen LogP contribution in [0.3, 0.4) is 0 Å². The van der Waals surface area contributed by atoms with Gasteiger partial charge in [-0.2, -0.15) is 18.4 Å². The third-order valence-electron chi connectivity index (χ3n) is 1.90. The standard InChI is InChI=1S/C10H7F5N2/c11-9(12)5-17-8-3-6(4-16)1-2-7(8)10(13,14)15/h1-3,9,17H,5H2. The number of alkyl halides is 5. The summed E-state index contributed by atoms with van der Waals surface area (Å²) in [5.74, 6) is 0. The van der Waals surface area contributed by atoms with Crippen LogP contribution < -0.4 is 5.32 Å². The van der Waals surface area contributed by atoms with Crippen molar-refractivity contribution in [3.63, 3.8) is 0 Å². The molecule has 1 N–H and O–H groups in total. The normalized spacial score (nSPS) is 11.4. The molecule has 0 unspecified atom stereocenters. The molecule has 7 heteroatoms. The highest BCUT2D eigenvalue weighted by Gasteiger charge is 2.33. The fourth-order valence-corrected chi connectivity index (χ4v) is 1.19. The molecular formula is C10H7F5N2. The lowest BCUT2D eigenvalue weighted by atomic mass is 10.1. The summed E-state index contributed by atoms with van der Waals surface area (Å²) >= 11 is 0. The highest BCUT2D eigenvalue weighted by molar-refractivity contribution is 5.57. The Morgan fingerprint density at radius 2 is 1.94 bits per heavy atom. The Balaban J connectivity index is 3.09. The average molecular weight is 250 g/mol. The van der Waals surface area contributed by atoms with Gasteiger partial charge in [0.25, 0.3) is 6.43 Å². The molecule has 1 aromatic rings. The lowest BCUT2D eigenvalue weighted by Gasteiger charge is -2.14. The van der Waals surface area contributed by atoms with Gasteiger partial charge in [-0.05, 0) is 18.2 Å². The maximum Gasteiger partial charge on any atom is 0.418 e. The second kappa shape index (κ2) is 4.99. The molecule has 0 aliphatic rings. The Bertz CT molecular complexity index is 433. The molecule has 0 fully saturated rings. The number of hydrogen-bond acceptors (Lipinski definition) is 2. The van der Waals surface area contributed by atoms with Crippen LogP contribution in [0.2, 0.25) is 0 Å². The molecule has 0 aromatic heterocycles. The number of halogens is 5. The number of nitrogens with one attached hydrogen (secondary N) is 1. The van der Waals surface area contributed by atoms with Crippen LogP contribution in [0.25, 0.3) is 0 Å². The molecule has 0 heterocycles. The van der Waals surface area contributed by atoms with Crippen LogP contribution in [0, 0.1) is 11.3 Å². The predicted molar refractivity (Wildman–Crippen MR) is 50.7 cm³/mol. The SMILES string of the molecule is N#Cc1ccc(C(F)(F)F)c(NCC(F)F)c1. The molecule has 0 spiro atoms. The zero-order valence-electron chi connectivity index (χ0n) is 8.35. The number of nitriles is 1. The van der Waals surface area contributed by atoms with E-state index in [0.717, 1.165) is 12.1 Å². The molecule has 0 bridgehead atoms. The van der Waals surface area contributed by atoms with E-state index < -0.39 is 30.4 Å². The minimum atomic E-state index is -4.65. The van der Waals surface area contributed by atoms with E-state index in [4.69, 9.17) is 5.26 Å². The fraction of sp³-hybridized carbons (Fsp3) is 0.300. The lowest BCUT2D eigenvalue weighted by molar-refractivity contribution is -0.137. The van der Waals surface area contributed by atoms with E-state index in [0.29, 0.717) is 6.07 Å². The Morgan fingerprint density at radius 1 is 1.29 bits per heavy atom. The van der Waals surface area contributed by atoms with Crippen molar-refractivity contribution in [2.24, 2.45) is 0 Å². The molecule has 92 valence electrons. The van der Waals surface area contributed by atoms with Crippen molar-refractivity contribution in [2.75, 3.05) is 11.9 Å². The summed E-state index contributed by atoms with van der Waals surface area (Å²) in [4.78, 5) is 0. The number of anilines is 1. The molecule has 0 saturated heterocycles. The summed E-state index contributed by atoms with van der Waals surface area (Å²) in [6, 6.07) is 4.20. The summed E-state index contributed by atoms with van der Waals surface area (Å²) in [5.41, 5.74) is -1.62. The molecule has 0 aliphatic heterocycles. The first-order chi connectivity index (χ1) is 7.84. The lowest BCUT2D eigenvalue weighted by Crippen LogP contribution is -2.15. The molecule has 1 rings (SSSR count). The van der Waals surface area contributed by atoms with Crippen LogP contribution in [-0.4, -0.2) is 13.0 Å². The van der Waals surface area contributed by atoms with Crippen LogP contribution in [0.4, 0.5) is 27.6 Å². The van der Waals surface area contributed by atoms with E-state index in [2.05, 4.69) is 0 Å². The molecule has 0 amide bonds. The van der Waals surface area contributed by atoms with Gasteiger partial charge in [-0.1, -0.05) is 0 Å². The monoisotopic (exact) mass is 250 g/mol. The first-order valence-electron chi connectivity index (χ1n) is 4.48. The minimum absolute atomic E-state index is 0.0326. The zero-order valence-corrected chi connectivity index (χ0v) is 8.35. The Hall–Kier alpha value is -1.84. The first-order valence-corrected chi connectivity index (χ1v) is 4.48. The van der Waals surface area contributed by atoms with E-state index in [1.165, 1.54) is 0 Å². The summed E-state index contributed by atoms with van der Waals surface area (Å²) in [7, 11) is 0. The van der Waals surface area contributed by atoms with Crippen LogP contribution in [-0.2, 0) is 6.18 Å². The number of hydrogen-bond donors (Lipinski definition) is 1. The highest BCUT2D eigenvalue weighted by Crippen LogP contribution is 2.35. The Labute approximate surface area is 93.7 Å². The van der Waals surface area contributed by atoms with Crippen molar-refractivity contribution in [3.05, 3.63) is 29.3 Å². The second-order valence-corrected chi connectivity index (χ2v) is 3.14. The molecule has 17 heavy (non-hydrogen) atoms. The van der Waals surface area contributed by atoms with E-state index in [1.807, 2.05) is 5.32 Å². The van der Waals surface area contributed by atoms with E-state index in [9.17, 15) is 22.0 Å². The van der Waals surface area contributed by atoms with E-state index >= 15 is 0 Å². The van der Waals surface area contributed by atoms with Gasteiger partial charge < -0.3 is 5.32 Å². The number of rotatable bonds is 3. The van der Waals surface area contributed by atoms with Crippen molar-refractivity contribution < 1.29 is 22.0 Å². The molecule has 0 atom stereocenters. The average Bonchev–Trinajstić information content (AvgIpc) is 2.24. The van der Waals surface area contributed by atoms with Gasteiger partial charge in [0.15, 0.2) is 0 Å². The van der Waals surface area contributed by atoms with Crippen LogP contribution >= 0.6 is 0 Å². The highest BCUT2D eigenvalue weighted by atomic mass is 19.4. The van der Waals surface area contributed by atoms with Gasteiger partial charge in [-0.25, -0.2) is 8.78 Å². The van der Waals surface area contributed by atoms with Gasteiger partial charge in [-0.15, -0.1) is 0 Å². The van der Waals surface area contributed by atoms with Crippen LogP contribution in [0.15, 0.2) is 18.2 Å². The second-order valence-electron chi connectivity index (χ2n) is 3.14. The third-order valence-corrected chi connectivity index (χ3v) is 1.90. The molecule has 0 aliphatic carbocycles. The molecule has 2 nitrogen and oxygen atoms in total. The number of nitrogens with zero attached hydrogens (tertiary/aromatic N) is 1. The van der Waals surface area contributed by atoms with Gasteiger partial charge in [0.2, 0.25) is 0 Å². The largest absolute Gasteiger partial charge is 0.418 e. The maximum atomic E-state index is 12.5. The molecule has 0 radical (unpaired) electrons. The first kappa shape index (κ1) is 13.2. The van der Waals surface area contributed by atoms with E-state index in [-0.39, 0.29) is 5.56 Å². The van der Waals surface area contributed by atoms with Gasteiger partial charge in [-0.3, -0.25) is 0 Å². The molecule has 1 aromatic carbocycles. The number of benzene rings is 1. The zero-order chi connectivity index (χ0) is 13.1.